The molecule has 5 nitrogen and oxygen atoms in total. The van der Waals surface area contributed by atoms with Crippen LogP contribution in [0.2, 0.25) is 0 Å². The molecule has 0 unspecified atom stereocenters. The first kappa shape index (κ1) is 14.9. The fourth-order valence-corrected chi connectivity index (χ4v) is 3.02. The van der Waals surface area contributed by atoms with Crippen LogP contribution >= 0.6 is 0 Å². The third kappa shape index (κ3) is 3.33. The van der Waals surface area contributed by atoms with E-state index in [-0.39, 0.29) is 22.0 Å². The van der Waals surface area contributed by atoms with Gasteiger partial charge in [-0.25, -0.2) is 0 Å². The van der Waals surface area contributed by atoms with Gasteiger partial charge >= 0.3 is 10.1 Å². The van der Waals surface area contributed by atoms with Gasteiger partial charge in [0.05, 0.1) is 5.56 Å². The summed E-state index contributed by atoms with van der Waals surface area (Å²) in [5, 5.41) is 20.4. The minimum absolute atomic E-state index is 0.00407. The van der Waals surface area contributed by atoms with E-state index in [2.05, 4.69) is 0 Å². The molecule has 2 rings (SSSR count). The Morgan fingerprint density at radius 1 is 1.05 bits per heavy atom. The summed E-state index contributed by atoms with van der Waals surface area (Å²) in [6.45, 7) is 3.37. The molecule has 0 bridgehead atoms. The van der Waals surface area contributed by atoms with Crippen molar-refractivity contribution in [1.82, 2.24) is 0 Å². The van der Waals surface area contributed by atoms with E-state index in [1.165, 1.54) is 24.3 Å². The van der Waals surface area contributed by atoms with E-state index in [4.69, 9.17) is 9.44 Å². The van der Waals surface area contributed by atoms with E-state index < -0.39 is 10.1 Å². The summed E-state index contributed by atoms with van der Waals surface area (Å²) >= 11 is 0. The molecule has 0 saturated heterocycles. The summed E-state index contributed by atoms with van der Waals surface area (Å²) in [6, 6.07) is 10.1. The van der Waals surface area contributed by atoms with Crippen molar-refractivity contribution in [2.75, 3.05) is 0 Å². The second kappa shape index (κ2) is 5.46. The Morgan fingerprint density at radius 3 is 2.38 bits per heavy atom. The summed E-state index contributed by atoms with van der Waals surface area (Å²) in [5.74, 6) is -0.407. The fraction of sp³-hybridized carbons (Fsp3) is 0.133. The first-order valence-electron chi connectivity index (χ1n) is 6.06. The summed E-state index contributed by atoms with van der Waals surface area (Å²) in [6.07, 6.45) is 0. The highest BCUT2D eigenvalue weighted by Gasteiger charge is 2.21. The molecule has 0 aliphatic rings. The number of aryl methyl sites for hydroxylation is 2. The Kier molecular flexibility index (Phi) is 3.87. The van der Waals surface area contributed by atoms with Gasteiger partial charge in [-0.2, -0.15) is 13.7 Å². The lowest BCUT2D eigenvalue weighted by molar-refractivity contribution is 0.353. The predicted octanol–water partition coefficient (Wildman–Crippen LogP) is 3.09. The van der Waals surface area contributed by atoms with Crippen LogP contribution in [0.1, 0.15) is 16.7 Å². The molecule has 0 aliphatic carbocycles. The van der Waals surface area contributed by atoms with E-state index in [1.54, 1.807) is 19.9 Å². The molecule has 1 radical (unpaired) electrons. The Hall–Kier alpha value is -2.52. The molecule has 0 N–H and O–H groups in total. The molecule has 0 aliphatic heterocycles. The van der Waals surface area contributed by atoms with Crippen molar-refractivity contribution >= 4 is 10.1 Å². The van der Waals surface area contributed by atoms with Crippen LogP contribution in [0.25, 0.3) is 0 Å². The lowest BCUT2D eigenvalue weighted by Gasteiger charge is -2.09. The number of rotatable bonds is 3. The van der Waals surface area contributed by atoms with Gasteiger partial charge in [-0.1, -0.05) is 6.07 Å². The molecular weight excluding hydrogens is 290 g/mol. The van der Waals surface area contributed by atoms with Gasteiger partial charge < -0.3 is 4.18 Å². The molecule has 0 spiro atoms. The van der Waals surface area contributed by atoms with Crippen LogP contribution in [0.5, 0.6) is 11.5 Å². The van der Waals surface area contributed by atoms with E-state index in [0.717, 1.165) is 6.07 Å². The van der Waals surface area contributed by atoms with Crippen LogP contribution in [0.3, 0.4) is 0 Å². The Morgan fingerprint density at radius 2 is 1.76 bits per heavy atom. The average Bonchev–Trinajstić information content (AvgIpc) is 2.36. The Balaban J connectivity index is 2.48. The molecule has 2 aromatic carbocycles. The minimum atomic E-state index is -4.17. The van der Waals surface area contributed by atoms with Gasteiger partial charge in [0.25, 0.3) is 0 Å². The molecule has 0 aromatic heterocycles. The van der Waals surface area contributed by atoms with Crippen LogP contribution in [0, 0.1) is 25.2 Å². The van der Waals surface area contributed by atoms with Crippen LogP contribution in [0.4, 0.5) is 0 Å². The van der Waals surface area contributed by atoms with E-state index in [9.17, 15) is 13.5 Å². The van der Waals surface area contributed by atoms with Gasteiger partial charge in [-0.15, -0.1) is 0 Å². The normalized spacial score (nSPS) is 10.9. The van der Waals surface area contributed by atoms with Gasteiger partial charge in [0, 0.05) is 6.07 Å². The summed E-state index contributed by atoms with van der Waals surface area (Å²) in [4.78, 5) is -0.209. The first-order chi connectivity index (χ1) is 9.81. The molecule has 21 heavy (non-hydrogen) atoms. The molecule has 0 fully saturated rings. The number of hydrogen-bond donors (Lipinski definition) is 0. The van der Waals surface area contributed by atoms with Crippen LogP contribution in [-0.4, -0.2) is 8.42 Å². The van der Waals surface area contributed by atoms with Gasteiger partial charge in [-0.05, 0) is 49.2 Å². The van der Waals surface area contributed by atoms with E-state index >= 15 is 0 Å². The van der Waals surface area contributed by atoms with Gasteiger partial charge in [0.1, 0.15) is 16.7 Å². The lowest BCUT2D eigenvalue weighted by Crippen LogP contribution is -2.11. The van der Waals surface area contributed by atoms with E-state index in [1.807, 2.05) is 6.07 Å². The average molecular weight is 302 g/mol. The van der Waals surface area contributed by atoms with Crippen molar-refractivity contribution in [2.45, 2.75) is 18.7 Å². The fourth-order valence-electron chi connectivity index (χ4n) is 1.86. The molecule has 2 aromatic rings. The highest BCUT2D eigenvalue weighted by atomic mass is 32.2. The number of nitrogens with zero attached hydrogens (tertiary/aromatic N) is 1. The second-order valence-electron chi connectivity index (χ2n) is 4.63. The third-order valence-electron chi connectivity index (χ3n) is 2.76. The van der Waals surface area contributed by atoms with Gasteiger partial charge in [0.15, 0.2) is 5.75 Å². The van der Waals surface area contributed by atoms with Crippen LogP contribution in [0.15, 0.2) is 41.3 Å². The topological polar surface area (TPSA) is 87.1 Å². The quantitative estimate of drug-likeness (QED) is 0.815. The van der Waals surface area contributed by atoms with Crippen molar-refractivity contribution in [3.63, 3.8) is 0 Å². The smallest absolute Gasteiger partial charge is 0.340 e. The van der Waals surface area contributed by atoms with E-state index in [0.29, 0.717) is 11.1 Å². The Labute approximate surface area is 123 Å². The van der Waals surface area contributed by atoms with Crippen molar-refractivity contribution in [2.24, 2.45) is 0 Å². The van der Waals surface area contributed by atoms with Crippen LogP contribution in [-0.2, 0) is 15.2 Å². The third-order valence-corrected chi connectivity index (χ3v) is 4.05. The van der Waals surface area contributed by atoms with Crippen molar-refractivity contribution in [3.05, 3.63) is 53.1 Å². The molecule has 0 atom stereocenters. The van der Waals surface area contributed by atoms with Gasteiger partial charge in [0.2, 0.25) is 0 Å². The number of hydrogen-bond acceptors (Lipinski definition) is 4. The predicted molar refractivity (Wildman–Crippen MR) is 75.0 cm³/mol. The molecular formula is C15H12NO4S. The maximum atomic E-state index is 12.3. The summed E-state index contributed by atoms with van der Waals surface area (Å²) < 4.78 is 29.5. The zero-order valence-corrected chi connectivity index (χ0v) is 12.3. The number of benzene rings is 2. The molecule has 107 valence electrons. The molecule has 6 heteroatoms. The maximum absolute atomic E-state index is 12.3. The summed E-state index contributed by atoms with van der Waals surface area (Å²) in [7, 11) is -4.17. The minimum Gasteiger partial charge on any atom is -0.379 e. The largest absolute Gasteiger partial charge is 0.379 e. The Bertz CT molecular complexity index is 815. The second-order valence-corrected chi connectivity index (χ2v) is 6.15. The standard InChI is InChI=1S/C15H12NO4S/c1-10-3-4-12(9-16)15(7-10)21(18,19)20-14-6-11(2)5-13(17)8-14/h3-8H,1-2H3. The SMILES string of the molecule is Cc1cc([O])cc(OS(=O)(=O)c2cc(C)ccc2C#N)c1. The lowest BCUT2D eigenvalue weighted by atomic mass is 10.2. The number of nitriles is 1. The maximum Gasteiger partial charge on any atom is 0.340 e. The van der Waals surface area contributed by atoms with Crippen LogP contribution < -0.4 is 4.18 Å². The zero-order valence-electron chi connectivity index (χ0n) is 11.5. The molecule has 0 amide bonds. The summed E-state index contributed by atoms with van der Waals surface area (Å²) in [5.41, 5.74) is 1.28. The van der Waals surface area contributed by atoms with Crippen molar-refractivity contribution in [1.29, 1.82) is 5.26 Å². The van der Waals surface area contributed by atoms with Crippen molar-refractivity contribution < 1.29 is 17.7 Å². The molecule has 0 saturated carbocycles. The van der Waals surface area contributed by atoms with Crippen molar-refractivity contribution in [3.8, 4) is 17.6 Å². The first-order valence-corrected chi connectivity index (χ1v) is 7.46. The van der Waals surface area contributed by atoms with Gasteiger partial charge in [-0.3, -0.25) is 5.11 Å². The monoisotopic (exact) mass is 302 g/mol. The molecule has 0 heterocycles. The highest BCUT2D eigenvalue weighted by molar-refractivity contribution is 7.87. The highest BCUT2D eigenvalue weighted by Crippen LogP contribution is 2.26. The zero-order chi connectivity index (χ0) is 15.6.